The number of carboxylic acids is 1. The summed E-state index contributed by atoms with van der Waals surface area (Å²) in [5, 5.41) is 9.39. The van der Waals surface area contributed by atoms with Crippen LogP contribution >= 0.6 is 0 Å². The second-order valence-electron chi connectivity index (χ2n) is 15.1. The molecule has 4 rings (SSSR count). The van der Waals surface area contributed by atoms with Gasteiger partial charge in [0.15, 0.2) is 0 Å². The zero-order valence-corrected chi connectivity index (χ0v) is 27.6. The molecule has 0 aromatic rings. The molecule has 0 aliphatic heterocycles. The molecule has 0 aromatic carbocycles. The van der Waals surface area contributed by atoms with Gasteiger partial charge in [-0.1, -0.05) is 53.2 Å². The van der Waals surface area contributed by atoms with Gasteiger partial charge in [-0.25, -0.2) is 4.79 Å². The Kier molecular flexibility index (Phi) is 8.90. The third kappa shape index (κ3) is 5.16. The minimum absolute atomic E-state index is 0.0116. The summed E-state index contributed by atoms with van der Waals surface area (Å²) in [6, 6.07) is 0. The van der Waals surface area contributed by atoms with E-state index in [1.807, 2.05) is 7.11 Å². The molecule has 9 atom stereocenters. The fraction of sp³-hybridized carbons (Fsp3) is 0.800. The van der Waals surface area contributed by atoms with Gasteiger partial charge in [0, 0.05) is 38.4 Å². The van der Waals surface area contributed by atoms with E-state index >= 15 is 0 Å². The summed E-state index contributed by atoms with van der Waals surface area (Å²) in [4.78, 5) is 35.6. The molecule has 236 valence electrons. The molecule has 0 amide bonds. The Morgan fingerprint density at radius 1 is 1.00 bits per heavy atom. The van der Waals surface area contributed by atoms with Gasteiger partial charge in [0.1, 0.15) is 12.2 Å². The van der Waals surface area contributed by atoms with Crippen LogP contribution in [0.1, 0.15) is 114 Å². The number of aliphatic carboxylic acids is 1. The Bertz CT molecular complexity index is 1170. The maximum Gasteiger partial charge on any atom is 0.330 e. The molecule has 1 N–H and O–H groups in total. The highest BCUT2D eigenvalue weighted by Gasteiger charge is 2.66. The molecule has 42 heavy (non-hydrogen) atoms. The van der Waals surface area contributed by atoms with Crippen molar-refractivity contribution in [3.8, 4) is 0 Å². The van der Waals surface area contributed by atoms with E-state index in [0.717, 1.165) is 44.9 Å². The second kappa shape index (κ2) is 11.4. The number of fused-ring (bicyclic) bond motifs is 4. The number of methoxy groups -OCH3 is 1. The number of carbonyl (C=O) groups excluding carboxylic acids is 2. The molecule has 0 heterocycles. The van der Waals surface area contributed by atoms with E-state index < -0.39 is 5.97 Å². The van der Waals surface area contributed by atoms with E-state index in [1.165, 1.54) is 19.4 Å². The van der Waals surface area contributed by atoms with Crippen molar-refractivity contribution in [3.05, 3.63) is 22.8 Å². The summed E-state index contributed by atoms with van der Waals surface area (Å²) >= 11 is 0. The van der Waals surface area contributed by atoms with Gasteiger partial charge in [0.05, 0.1) is 6.10 Å². The van der Waals surface area contributed by atoms with Crippen molar-refractivity contribution in [2.24, 2.45) is 39.4 Å². The van der Waals surface area contributed by atoms with E-state index in [4.69, 9.17) is 14.2 Å². The Labute approximate surface area is 252 Å². The minimum atomic E-state index is -0.948. The largest absolute Gasteiger partial charge is 0.478 e. The van der Waals surface area contributed by atoms with Crippen molar-refractivity contribution in [1.82, 2.24) is 0 Å². The van der Waals surface area contributed by atoms with Crippen LogP contribution in [0, 0.1) is 39.4 Å². The normalized spacial score (nSPS) is 39.0. The molecule has 0 unspecified atom stereocenters. The fourth-order valence-electron chi connectivity index (χ4n) is 10.3. The van der Waals surface area contributed by atoms with Crippen LogP contribution in [0.25, 0.3) is 0 Å². The quantitative estimate of drug-likeness (QED) is 0.181. The summed E-state index contributed by atoms with van der Waals surface area (Å²) in [7, 11) is 1.84. The van der Waals surface area contributed by atoms with Crippen LogP contribution in [-0.4, -0.2) is 48.4 Å². The zero-order chi connectivity index (χ0) is 31.4. The number of carboxylic acid groups (broad SMARTS) is 1. The zero-order valence-electron chi connectivity index (χ0n) is 27.6. The molecular formula is C35H54O7. The summed E-state index contributed by atoms with van der Waals surface area (Å²) in [6.07, 6.45) is 8.58. The lowest BCUT2D eigenvalue weighted by atomic mass is 9.42. The van der Waals surface area contributed by atoms with E-state index in [-0.39, 0.29) is 63.4 Å². The number of hydrogen-bond donors (Lipinski definition) is 1. The minimum Gasteiger partial charge on any atom is -0.478 e. The molecule has 7 nitrogen and oxygen atoms in total. The van der Waals surface area contributed by atoms with Crippen molar-refractivity contribution in [2.45, 2.75) is 132 Å². The first-order valence-electron chi connectivity index (χ1n) is 15.9. The van der Waals surface area contributed by atoms with Crippen molar-refractivity contribution < 1.29 is 33.7 Å². The molecule has 0 radical (unpaired) electrons. The van der Waals surface area contributed by atoms with Crippen LogP contribution in [0.3, 0.4) is 0 Å². The molecular weight excluding hydrogens is 532 g/mol. The smallest absolute Gasteiger partial charge is 0.330 e. The van der Waals surface area contributed by atoms with Crippen LogP contribution in [0.4, 0.5) is 0 Å². The third-order valence-corrected chi connectivity index (χ3v) is 12.9. The molecule has 7 heteroatoms. The maximum atomic E-state index is 12.1. The van der Waals surface area contributed by atoms with Crippen molar-refractivity contribution >= 4 is 17.9 Å². The highest BCUT2D eigenvalue weighted by Crippen LogP contribution is 2.73. The third-order valence-electron chi connectivity index (χ3n) is 12.9. The lowest BCUT2D eigenvalue weighted by Gasteiger charge is -2.63. The highest BCUT2D eigenvalue weighted by molar-refractivity contribution is 5.85. The number of hydrogen-bond acceptors (Lipinski definition) is 6. The molecule has 4 aliphatic rings. The lowest BCUT2D eigenvalue weighted by molar-refractivity contribution is -0.170. The first-order valence-corrected chi connectivity index (χ1v) is 15.9. The van der Waals surface area contributed by atoms with E-state index in [0.29, 0.717) is 18.3 Å². The Morgan fingerprint density at radius 3 is 2.24 bits per heavy atom. The highest BCUT2D eigenvalue weighted by atomic mass is 16.5. The molecule has 0 spiro atoms. The van der Waals surface area contributed by atoms with Gasteiger partial charge in [-0.05, 0) is 91.4 Å². The number of rotatable bonds is 8. The predicted molar refractivity (Wildman–Crippen MR) is 162 cm³/mol. The summed E-state index contributed by atoms with van der Waals surface area (Å²) in [5.74, 6) is -0.746. The molecule has 2 fully saturated rings. The SMILES string of the molecule is CO[C@@H]1C[C@H]2C(C)(C)[C@@H](OC(C)=O)CC[C@]2(C)C2=C1[C@]1(C)CC[C@H]([C@H](C)[C@H](C/C=C(\C)C(=O)O)OC(C)=O)[C@@]1(C)CC2. The van der Waals surface area contributed by atoms with Crippen molar-refractivity contribution in [2.75, 3.05) is 7.11 Å². The monoisotopic (exact) mass is 586 g/mol. The summed E-state index contributed by atoms with van der Waals surface area (Å²) in [5.41, 5.74) is 3.13. The van der Waals surface area contributed by atoms with Gasteiger partial charge >= 0.3 is 17.9 Å². The summed E-state index contributed by atoms with van der Waals surface area (Å²) < 4.78 is 18.1. The van der Waals surface area contributed by atoms with E-state index in [1.54, 1.807) is 18.6 Å². The van der Waals surface area contributed by atoms with Crippen molar-refractivity contribution in [3.63, 3.8) is 0 Å². The number of allylic oxidation sites excluding steroid dienone is 1. The van der Waals surface area contributed by atoms with E-state index in [9.17, 15) is 19.5 Å². The second-order valence-corrected chi connectivity index (χ2v) is 15.1. The van der Waals surface area contributed by atoms with Crippen LogP contribution in [-0.2, 0) is 28.6 Å². The Morgan fingerprint density at radius 2 is 1.67 bits per heavy atom. The maximum absolute atomic E-state index is 12.1. The topological polar surface area (TPSA) is 99.1 Å². The van der Waals surface area contributed by atoms with Gasteiger partial charge in [0.25, 0.3) is 0 Å². The van der Waals surface area contributed by atoms with Gasteiger partial charge in [-0.3, -0.25) is 9.59 Å². The Balaban J connectivity index is 1.72. The average Bonchev–Trinajstić information content (AvgIpc) is 3.18. The van der Waals surface area contributed by atoms with Crippen LogP contribution in [0.2, 0.25) is 0 Å². The molecule has 4 aliphatic carbocycles. The van der Waals surface area contributed by atoms with Gasteiger partial charge in [-0.2, -0.15) is 0 Å². The molecule has 0 aromatic heterocycles. The van der Waals surface area contributed by atoms with Crippen molar-refractivity contribution in [1.29, 1.82) is 0 Å². The Hall–Kier alpha value is -2.15. The van der Waals surface area contributed by atoms with Gasteiger partial charge in [0.2, 0.25) is 0 Å². The number of esters is 2. The van der Waals surface area contributed by atoms with E-state index in [2.05, 4.69) is 41.5 Å². The fourth-order valence-corrected chi connectivity index (χ4v) is 10.3. The first kappa shape index (κ1) is 32.8. The average molecular weight is 587 g/mol. The molecule has 2 saturated carbocycles. The molecule has 0 bridgehead atoms. The van der Waals surface area contributed by atoms with Crippen LogP contribution < -0.4 is 0 Å². The lowest BCUT2D eigenvalue weighted by Crippen LogP contribution is -2.58. The van der Waals surface area contributed by atoms with Crippen LogP contribution in [0.15, 0.2) is 22.8 Å². The predicted octanol–water partition coefficient (Wildman–Crippen LogP) is 7.28. The van der Waals surface area contributed by atoms with Crippen LogP contribution in [0.5, 0.6) is 0 Å². The standard InChI is InChI=1S/C35H54O7/c1-20(31(38)39)11-12-26(41-22(3)36)21(2)24-13-18-35(9)30-25(14-17-34(24,35)8)33(7)16-15-29(42-23(4)37)32(5,6)28(33)19-27(30)40-10/h11,21,24,26-29H,12-19H2,1-10H3,(H,38,39)/b20-11+/t21-,24+,26-,27+,28-,29-,33+,34+,35-/m0/s1. The first-order chi connectivity index (χ1) is 19.4. The number of carbonyl (C=O) groups is 3. The molecule has 0 saturated heterocycles. The van der Waals surface area contributed by atoms with Gasteiger partial charge < -0.3 is 19.3 Å². The van der Waals surface area contributed by atoms with Gasteiger partial charge in [-0.15, -0.1) is 0 Å². The summed E-state index contributed by atoms with van der Waals surface area (Å²) in [6.45, 7) is 18.6. The number of ether oxygens (including phenoxy) is 3.